The summed E-state index contributed by atoms with van der Waals surface area (Å²) in [6, 6.07) is 23.7. The van der Waals surface area contributed by atoms with Crippen LogP contribution in [0.4, 0.5) is 16.2 Å². The van der Waals surface area contributed by atoms with Gasteiger partial charge >= 0.3 is 6.03 Å². The monoisotopic (exact) mass is 359 g/mol. The number of amides is 3. The zero-order valence-corrected chi connectivity index (χ0v) is 15.0. The number of aryl methyl sites for hydroxylation is 1. The predicted molar refractivity (Wildman–Crippen MR) is 108 cm³/mol. The first kappa shape index (κ1) is 18.2. The van der Waals surface area contributed by atoms with Crippen LogP contribution in [0.2, 0.25) is 0 Å². The van der Waals surface area contributed by atoms with Gasteiger partial charge in [0.2, 0.25) is 0 Å². The molecule has 3 amide bonds. The molecule has 0 saturated carbocycles. The van der Waals surface area contributed by atoms with E-state index in [2.05, 4.69) is 16.0 Å². The number of nitrogens with one attached hydrogen (secondary N) is 3. The summed E-state index contributed by atoms with van der Waals surface area (Å²) in [5.74, 6) is -0.245. The van der Waals surface area contributed by atoms with Crippen molar-refractivity contribution in [1.29, 1.82) is 0 Å². The van der Waals surface area contributed by atoms with Gasteiger partial charge < -0.3 is 16.0 Å². The maximum absolute atomic E-state index is 12.5. The molecule has 3 aromatic carbocycles. The van der Waals surface area contributed by atoms with Crippen molar-refractivity contribution in [3.8, 4) is 0 Å². The Balaban J connectivity index is 1.65. The van der Waals surface area contributed by atoms with Crippen molar-refractivity contribution in [1.82, 2.24) is 5.32 Å². The van der Waals surface area contributed by atoms with Gasteiger partial charge in [-0.25, -0.2) is 4.79 Å². The third kappa shape index (κ3) is 5.19. The first-order valence-corrected chi connectivity index (χ1v) is 8.67. The van der Waals surface area contributed by atoms with Crippen LogP contribution in [0.3, 0.4) is 0 Å². The van der Waals surface area contributed by atoms with Crippen LogP contribution < -0.4 is 16.0 Å². The van der Waals surface area contributed by atoms with Gasteiger partial charge in [-0.05, 0) is 36.8 Å². The highest BCUT2D eigenvalue weighted by Gasteiger charge is 2.13. The van der Waals surface area contributed by atoms with Crippen molar-refractivity contribution < 1.29 is 9.59 Å². The summed E-state index contributed by atoms with van der Waals surface area (Å²) >= 11 is 0. The van der Waals surface area contributed by atoms with Crippen molar-refractivity contribution in [2.45, 2.75) is 13.5 Å². The first-order chi connectivity index (χ1) is 13.1. The fraction of sp³-hybridized carbons (Fsp3) is 0.0909. The van der Waals surface area contributed by atoms with Crippen LogP contribution in [-0.2, 0) is 6.54 Å². The lowest BCUT2D eigenvalue weighted by Gasteiger charge is -2.12. The van der Waals surface area contributed by atoms with Gasteiger partial charge in [0, 0.05) is 12.2 Å². The molecule has 0 unspecified atom stereocenters. The van der Waals surface area contributed by atoms with E-state index in [1.165, 1.54) is 0 Å². The number of carbonyl (C=O) groups is 2. The SMILES string of the molecule is Cc1ccc(NC(=O)Nc2ccccc2C(=O)NCc2ccccc2)cc1. The molecule has 0 saturated heterocycles. The molecule has 136 valence electrons. The van der Waals surface area contributed by atoms with E-state index in [4.69, 9.17) is 0 Å². The fourth-order valence-corrected chi connectivity index (χ4v) is 2.59. The van der Waals surface area contributed by atoms with Crippen LogP contribution in [0.5, 0.6) is 0 Å². The Bertz CT molecular complexity index is 922. The van der Waals surface area contributed by atoms with Gasteiger partial charge in [0.1, 0.15) is 0 Å². The third-order valence-electron chi connectivity index (χ3n) is 4.03. The smallest absolute Gasteiger partial charge is 0.323 e. The summed E-state index contributed by atoms with van der Waals surface area (Å²) in [6.45, 7) is 2.40. The Morgan fingerprint density at radius 2 is 1.44 bits per heavy atom. The van der Waals surface area contributed by atoms with E-state index in [1.54, 1.807) is 24.3 Å². The van der Waals surface area contributed by atoms with Gasteiger partial charge in [-0.1, -0.05) is 60.2 Å². The molecular weight excluding hydrogens is 338 g/mol. The Kier molecular flexibility index (Phi) is 5.84. The lowest BCUT2D eigenvalue weighted by atomic mass is 10.1. The Morgan fingerprint density at radius 1 is 0.778 bits per heavy atom. The molecule has 0 bridgehead atoms. The molecule has 0 aliphatic carbocycles. The molecular formula is C22H21N3O2. The number of hydrogen-bond donors (Lipinski definition) is 3. The van der Waals surface area contributed by atoms with Crippen LogP contribution in [-0.4, -0.2) is 11.9 Å². The standard InChI is InChI=1S/C22H21N3O2/c1-16-11-13-18(14-12-16)24-22(27)25-20-10-6-5-9-19(20)21(26)23-15-17-7-3-2-4-8-17/h2-14H,15H2,1H3,(H,23,26)(H2,24,25,27). The molecule has 5 nitrogen and oxygen atoms in total. The number of urea groups is 1. The zero-order chi connectivity index (χ0) is 19.1. The summed E-state index contributed by atoms with van der Waals surface area (Å²) in [4.78, 5) is 24.8. The van der Waals surface area contributed by atoms with E-state index in [-0.39, 0.29) is 5.91 Å². The minimum Gasteiger partial charge on any atom is -0.348 e. The molecule has 3 aromatic rings. The number of para-hydroxylation sites is 1. The number of hydrogen-bond acceptors (Lipinski definition) is 2. The quantitative estimate of drug-likeness (QED) is 0.624. The molecule has 0 heterocycles. The summed E-state index contributed by atoms with van der Waals surface area (Å²) < 4.78 is 0. The van der Waals surface area contributed by atoms with Gasteiger partial charge in [0.05, 0.1) is 11.3 Å². The highest BCUT2D eigenvalue weighted by molar-refractivity contribution is 6.06. The average Bonchev–Trinajstić information content (AvgIpc) is 2.69. The molecule has 0 radical (unpaired) electrons. The molecule has 0 aromatic heterocycles. The Morgan fingerprint density at radius 3 is 2.19 bits per heavy atom. The second kappa shape index (κ2) is 8.67. The van der Waals surface area contributed by atoms with Gasteiger partial charge in [0.15, 0.2) is 0 Å². The highest BCUT2D eigenvalue weighted by atomic mass is 16.2. The Hall–Kier alpha value is -3.60. The van der Waals surface area contributed by atoms with E-state index >= 15 is 0 Å². The first-order valence-electron chi connectivity index (χ1n) is 8.67. The van der Waals surface area contributed by atoms with Gasteiger partial charge in [-0.15, -0.1) is 0 Å². The molecule has 5 heteroatoms. The fourth-order valence-electron chi connectivity index (χ4n) is 2.59. The van der Waals surface area contributed by atoms with Gasteiger partial charge in [-0.2, -0.15) is 0 Å². The minimum atomic E-state index is -0.401. The van der Waals surface area contributed by atoms with E-state index in [0.29, 0.717) is 23.5 Å². The molecule has 0 spiro atoms. The molecule has 27 heavy (non-hydrogen) atoms. The molecule has 3 N–H and O–H groups in total. The van der Waals surface area contributed by atoms with Crippen LogP contribution in [0.25, 0.3) is 0 Å². The molecule has 0 atom stereocenters. The highest BCUT2D eigenvalue weighted by Crippen LogP contribution is 2.16. The second-order valence-corrected chi connectivity index (χ2v) is 6.16. The Labute approximate surface area is 158 Å². The summed E-state index contributed by atoms with van der Waals surface area (Å²) in [6.07, 6.45) is 0. The number of carbonyl (C=O) groups excluding carboxylic acids is 2. The van der Waals surface area contributed by atoms with E-state index in [9.17, 15) is 9.59 Å². The molecule has 0 fully saturated rings. The largest absolute Gasteiger partial charge is 0.348 e. The zero-order valence-electron chi connectivity index (χ0n) is 15.0. The van der Waals surface area contributed by atoms with E-state index in [1.807, 2.05) is 61.5 Å². The number of rotatable bonds is 5. The molecule has 3 rings (SSSR count). The summed E-state index contributed by atoms with van der Waals surface area (Å²) in [5, 5.41) is 8.38. The summed E-state index contributed by atoms with van der Waals surface area (Å²) in [7, 11) is 0. The average molecular weight is 359 g/mol. The second-order valence-electron chi connectivity index (χ2n) is 6.16. The topological polar surface area (TPSA) is 70.2 Å². The van der Waals surface area contributed by atoms with E-state index in [0.717, 1.165) is 11.1 Å². The van der Waals surface area contributed by atoms with Gasteiger partial charge in [0.25, 0.3) is 5.91 Å². The minimum absolute atomic E-state index is 0.245. The lowest BCUT2D eigenvalue weighted by Crippen LogP contribution is -2.26. The number of anilines is 2. The van der Waals surface area contributed by atoms with E-state index < -0.39 is 6.03 Å². The summed E-state index contributed by atoms with van der Waals surface area (Å²) in [5.41, 5.74) is 3.67. The third-order valence-corrected chi connectivity index (χ3v) is 4.03. The van der Waals surface area contributed by atoms with Crippen molar-refractivity contribution in [2.75, 3.05) is 10.6 Å². The number of benzene rings is 3. The molecule has 0 aliphatic heterocycles. The van der Waals surface area contributed by atoms with Crippen molar-refractivity contribution in [3.63, 3.8) is 0 Å². The van der Waals surface area contributed by atoms with Crippen LogP contribution >= 0.6 is 0 Å². The maximum atomic E-state index is 12.5. The van der Waals surface area contributed by atoms with Crippen molar-refractivity contribution in [3.05, 3.63) is 95.6 Å². The van der Waals surface area contributed by atoms with Crippen LogP contribution in [0, 0.1) is 6.92 Å². The predicted octanol–water partition coefficient (Wildman–Crippen LogP) is 4.57. The lowest BCUT2D eigenvalue weighted by molar-refractivity contribution is 0.0952. The normalized spacial score (nSPS) is 10.1. The maximum Gasteiger partial charge on any atom is 0.323 e. The molecule has 0 aliphatic rings. The van der Waals surface area contributed by atoms with Crippen molar-refractivity contribution >= 4 is 23.3 Å². The van der Waals surface area contributed by atoms with Crippen molar-refractivity contribution in [2.24, 2.45) is 0 Å². The van der Waals surface area contributed by atoms with Crippen LogP contribution in [0.15, 0.2) is 78.9 Å². The van der Waals surface area contributed by atoms with Gasteiger partial charge in [-0.3, -0.25) is 4.79 Å². The van der Waals surface area contributed by atoms with Crippen LogP contribution in [0.1, 0.15) is 21.5 Å².